The fourth-order valence-corrected chi connectivity index (χ4v) is 3.11. The quantitative estimate of drug-likeness (QED) is 0.722. The SMILES string of the molecule is c1ccc2c(CN3CCc4nncn4CC3)cccc2c1. The van der Waals surface area contributed by atoms with Crippen LogP contribution in [0.4, 0.5) is 0 Å². The molecule has 3 aromatic rings. The van der Waals surface area contributed by atoms with Crippen LogP contribution >= 0.6 is 0 Å². The van der Waals surface area contributed by atoms with Crippen molar-refractivity contribution in [1.29, 1.82) is 0 Å². The first-order chi connectivity index (χ1) is 10.4. The summed E-state index contributed by atoms with van der Waals surface area (Å²) in [5.41, 5.74) is 1.41. The van der Waals surface area contributed by atoms with Gasteiger partial charge in [0.1, 0.15) is 12.2 Å². The summed E-state index contributed by atoms with van der Waals surface area (Å²) in [6.45, 7) is 4.07. The van der Waals surface area contributed by atoms with Gasteiger partial charge in [-0.3, -0.25) is 4.90 Å². The van der Waals surface area contributed by atoms with Crippen LogP contribution in [-0.2, 0) is 19.5 Å². The van der Waals surface area contributed by atoms with Crippen molar-refractivity contribution in [2.45, 2.75) is 19.5 Å². The smallest absolute Gasteiger partial charge is 0.134 e. The Bertz CT molecular complexity index is 734. The second-order valence-electron chi connectivity index (χ2n) is 5.60. The van der Waals surface area contributed by atoms with Crippen molar-refractivity contribution in [2.24, 2.45) is 0 Å². The van der Waals surface area contributed by atoms with Crippen LogP contribution in [0.15, 0.2) is 48.8 Å². The first-order valence-corrected chi connectivity index (χ1v) is 7.46. The van der Waals surface area contributed by atoms with Gasteiger partial charge in [0.25, 0.3) is 0 Å². The van der Waals surface area contributed by atoms with E-state index in [-0.39, 0.29) is 0 Å². The van der Waals surface area contributed by atoms with Gasteiger partial charge in [-0.05, 0) is 16.3 Å². The van der Waals surface area contributed by atoms with Gasteiger partial charge in [-0.25, -0.2) is 0 Å². The number of aromatic nitrogens is 3. The van der Waals surface area contributed by atoms with E-state index >= 15 is 0 Å². The molecule has 0 fully saturated rings. The summed E-state index contributed by atoms with van der Waals surface area (Å²) >= 11 is 0. The summed E-state index contributed by atoms with van der Waals surface area (Å²) in [7, 11) is 0. The van der Waals surface area contributed by atoms with Crippen molar-refractivity contribution >= 4 is 10.8 Å². The van der Waals surface area contributed by atoms with E-state index < -0.39 is 0 Å². The van der Waals surface area contributed by atoms with Crippen LogP contribution in [0, 0.1) is 0 Å². The zero-order valence-electron chi connectivity index (χ0n) is 11.9. The number of benzene rings is 2. The zero-order chi connectivity index (χ0) is 14.1. The Kier molecular flexibility index (Phi) is 3.16. The van der Waals surface area contributed by atoms with Crippen LogP contribution in [0.5, 0.6) is 0 Å². The second-order valence-corrected chi connectivity index (χ2v) is 5.60. The van der Waals surface area contributed by atoms with E-state index in [9.17, 15) is 0 Å². The van der Waals surface area contributed by atoms with Gasteiger partial charge in [0, 0.05) is 32.6 Å². The maximum absolute atomic E-state index is 4.19. The number of hydrogen-bond acceptors (Lipinski definition) is 3. The van der Waals surface area contributed by atoms with Crippen LogP contribution in [0.25, 0.3) is 10.8 Å². The molecule has 0 aliphatic carbocycles. The molecule has 0 radical (unpaired) electrons. The van der Waals surface area contributed by atoms with Crippen LogP contribution in [0.1, 0.15) is 11.4 Å². The lowest BCUT2D eigenvalue weighted by Crippen LogP contribution is -2.26. The Morgan fingerprint density at radius 3 is 2.86 bits per heavy atom. The lowest BCUT2D eigenvalue weighted by atomic mass is 10.0. The Labute approximate surface area is 124 Å². The molecule has 21 heavy (non-hydrogen) atoms. The molecule has 2 heterocycles. The van der Waals surface area contributed by atoms with Gasteiger partial charge in [-0.15, -0.1) is 10.2 Å². The molecule has 106 valence electrons. The molecule has 1 aromatic heterocycles. The van der Waals surface area contributed by atoms with E-state index in [1.54, 1.807) is 0 Å². The van der Waals surface area contributed by atoms with E-state index in [0.29, 0.717) is 0 Å². The minimum atomic E-state index is 0.977. The van der Waals surface area contributed by atoms with Gasteiger partial charge in [-0.1, -0.05) is 42.5 Å². The van der Waals surface area contributed by atoms with Gasteiger partial charge >= 0.3 is 0 Å². The fourth-order valence-electron chi connectivity index (χ4n) is 3.11. The molecular weight excluding hydrogens is 260 g/mol. The molecule has 0 atom stereocenters. The molecule has 4 rings (SSSR count). The highest BCUT2D eigenvalue weighted by Crippen LogP contribution is 2.20. The summed E-state index contributed by atoms with van der Waals surface area (Å²) < 4.78 is 2.17. The van der Waals surface area contributed by atoms with Crippen LogP contribution < -0.4 is 0 Å². The van der Waals surface area contributed by atoms with Crippen molar-refractivity contribution in [1.82, 2.24) is 19.7 Å². The highest BCUT2D eigenvalue weighted by molar-refractivity contribution is 5.85. The maximum Gasteiger partial charge on any atom is 0.134 e. The summed E-state index contributed by atoms with van der Waals surface area (Å²) in [6, 6.07) is 15.2. The molecule has 0 saturated carbocycles. The maximum atomic E-state index is 4.19. The van der Waals surface area contributed by atoms with Gasteiger partial charge in [-0.2, -0.15) is 0 Å². The van der Waals surface area contributed by atoms with E-state index in [0.717, 1.165) is 38.4 Å². The third-order valence-electron chi connectivity index (χ3n) is 4.28. The molecule has 0 saturated heterocycles. The van der Waals surface area contributed by atoms with E-state index in [2.05, 4.69) is 62.1 Å². The van der Waals surface area contributed by atoms with E-state index in [1.165, 1.54) is 16.3 Å². The first kappa shape index (κ1) is 12.5. The Morgan fingerprint density at radius 1 is 0.952 bits per heavy atom. The topological polar surface area (TPSA) is 34.0 Å². The monoisotopic (exact) mass is 278 g/mol. The molecule has 0 unspecified atom stereocenters. The Balaban J connectivity index is 1.57. The number of fused-ring (bicyclic) bond motifs is 2. The fraction of sp³-hybridized carbons (Fsp3) is 0.294. The predicted molar refractivity (Wildman–Crippen MR) is 83.0 cm³/mol. The minimum absolute atomic E-state index is 0.977. The van der Waals surface area contributed by atoms with E-state index in [4.69, 9.17) is 0 Å². The van der Waals surface area contributed by atoms with Crippen molar-refractivity contribution in [2.75, 3.05) is 13.1 Å². The summed E-state index contributed by atoms with van der Waals surface area (Å²) in [5.74, 6) is 1.11. The average molecular weight is 278 g/mol. The lowest BCUT2D eigenvalue weighted by Gasteiger charge is -2.20. The predicted octanol–water partition coefficient (Wildman–Crippen LogP) is 2.49. The molecule has 1 aliphatic rings. The third kappa shape index (κ3) is 2.43. The number of hydrogen-bond donors (Lipinski definition) is 0. The van der Waals surface area contributed by atoms with Crippen LogP contribution in [-0.4, -0.2) is 32.8 Å². The van der Waals surface area contributed by atoms with Crippen molar-refractivity contribution in [3.8, 4) is 0 Å². The van der Waals surface area contributed by atoms with Crippen molar-refractivity contribution < 1.29 is 0 Å². The summed E-state index contributed by atoms with van der Waals surface area (Å²) in [6.07, 6.45) is 2.82. The molecule has 0 spiro atoms. The summed E-state index contributed by atoms with van der Waals surface area (Å²) in [5, 5.41) is 10.9. The minimum Gasteiger partial charge on any atom is -0.316 e. The Morgan fingerprint density at radius 2 is 1.86 bits per heavy atom. The summed E-state index contributed by atoms with van der Waals surface area (Å²) in [4.78, 5) is 2.51. The van der Waals surface area contributed by atoms with Gasteiger partial charge in [0.2, 0.25) is 0 Å². The van der Waals surface area contributed by atoms with Gasteiger partial charge < -0.3 is 4.57 Å². The molecule has 0 amide bonds. The van der Waals surface area contributed by atoms with Crippen LogP contribution in [0.2, 0.25) is 0 Å². The number of nitrogens with zero attached hydrogens (tertiary/aromatic N) is 4. The second kappa shape index (κ2) is 5.30. The van der Waals surface area contributed by atoms with Crippen LogP contribution in [0.3, 0.4) is 0 Å². The molecule has 1 aliphatic heterocycles. The van der Waals surface area contributed by atoms with Gasteiger partial charge in [0.05, 0.1) is 0 Å². The molecule has 0 bridgehead atoms. The Hall–Kier alpha value is -2.20. The number of rotatable bonds is 2. The highest BCUT2D eigenvalue weighted by atomic mass is 15.3. The third-order valence-corrected chi connectivity index (χ3v) is 4.28. The molecule has 2 aromatic carbocycles. The molecule has 4 nitrogen and oxygen atoms in total. The van der Waals surface area contributed by atoms with Crippen molar-refractivity contribution in [3.05, 3.63) is 60.2 Å². The molecule has 4 heteroatoms. The van der Waals surface area contributed by atoms with E-state index in [1.807, 2.05) is 6.33 Å². The highest BCUT2D eigenvalue weighted by Gasteiger charge is 2.15. The van der Waals surface area contributed by atoms with Gasteiger partial charge in [0.15, 0.2) is 0 Å². The first-order valence-electron chi connectivity index (χ1n) is 7.46. The average Bonchev–Trinajstić information content (AvgIpc) is 2.90. The standard InChI is InChI=1S/C17H18N4/c1-2-7-16-14(4-1)5-3-6-15(16)12-20-9-8-17-19-18-13-21(17)11-10-20/h1-7,13H,8-12H2. The zero-order valence-corrected chi connectivity index (χ0v) is 11.9. The largest absolute Gasteiger partial charge is 0.316 e. The molecule has 0 N–H and O–H groups in total. The molecular formula is C17H18N4. The normalized spacial score (nSPS) is 15.8. The van der Waals surface area contributed by atoms with Crippen molar-refractivity contribution in [3.63, 3.8) is 0 Å². The lowest BCUT2D eigenvalue weighted by molar-refractivity contribution is 0.272.